The van der Waals surface area contributed by atoms with Crippen LogP contribution < -0.4 is 24.0 Å². The molecule has 1 atom stereocenters. The number of aliphatic hydroxyl groups is 1. The van der Waals surface area contributed by atoms with E-state index in [0.717, 1.165) is 72.8 Å². The number of aliphatic hydroxyl groups excluding tert-OH is 1. The van der Waals surface area contributed by atoms with Gasteiger partial charge in [0.1, 0.15) is 23.4 Å². The average Bonchev–Trinajstić information content (AvgIpc) is 3.56. The highest BCUT2D eigenvalue weighted by Gasteiger charge is 2.25. The largest absolute Gasteiger partial charge is 0.497 e. The summed E-state index contributed by atoms with van der Waals surface area (Å²) in [5.74, 6) is 3.13. The van der Waals surface area contributed by atoms with Gasteiger partial charge in [-0.2, -0.15) is 4.98 Å². The number of pyridine rings is 1. The van der Waals surface area contributed by atoms with Crippen LogP contribution in [0.5, 0.6) is 17.5 Å². The number of rotatable bonds is 14. The van der Waals surface area contributed by atoms with Gasteiger partial charge >= 0.3 is 6.01 Å². The van der Waals surface area contributed by atoms with Crippen LogP contribution in [0.25, 0.3) is 5.65 Å². The second-order valence-corrected chi connectivity index (χ2v) is 12.1. The first-order chi connectivity index (χ1) is 23.5. The molecule has 5 aromatic rings. The van der Waals surface area contributed by atoms with Crippen molar-refractivity contribution in [2.24, 2.45) is 0 Å². The van der Waals surface area contributed by atoms with Crippen LogP contribution in [0.15, 0.2) is 67.0 Å². The summed E-state index contributed by atoms with van der Waals surface area (Å²) < 4.78 is 18.5. The number of aromatic nitrogens is 5. The lowest BCUT2D eigenvalue weighted by Crippen LogP contribution is -2.31. The Morgan fingerprint density at radius 2 is 1.54 bits per heavy atom. The van der Waals surface area contributed by atoms with Gasteiger partial charge in [-0.25, -0.2) is 14.5 Å². The number of aryl methyl sites for hydroxylation is 1. The molecule has 3 aromatic heterocycles. The van der Waals surface area contributed by atoms with Crippen LogP contribution in [0.1, 0.15) is 66.7 Å². The van der Waals surface area contributed by atoms with Gasteiger partial charge in [0.2, 0.25) is 0 Å². The standard InChI is InChI=1S/C37H44N7O4/c1-5-6-20-48-37-40-36(43(24-27-10-14-30(46-3)15-11-27)25-28-12-16-31(47-4)17-13-28)35-39-23-32(44(35)41-37)33(45)29-21-26(2)34(38-22-29)42-18-8-7-9-19-42/h7,10-17,21-23,33,45H,5-6,8-9,18-20,24-25H2,1-4H3. The Hall–Kier alpha value is -4.90. The number of fused-ring (bicyclic) bond motifs is 1. The van der Waals surface area contributed by atoms with Crippen LogP contribution in [-0.4, -0.2) is 63.6 Å². The fourth-order valence-corrected chi connectivity index (χ4v) is 5.94. The summed E-state index contributed by atoms with van der Waals surface area (Å²) in [6, 6.07) is 18.2. The molecular weight excluding hydrogens is 606 g/mol. The van der Waals surface area contributed by atoms with E-state index in [-0.39, 0.29) is 6.01 Å². The van der Waals surface area contributed by atoms with Crippen LogP contribution in [0.2, 0.25) is 0 Å². The molecule has 1 unspecified atom stereocenters. The predicted octanol–water partition coefficient (Wildman–Crippen LogP) is 6.12. The van der Waals surface area contributed by atoms with E-state index in [0.29, 0.717) is 42.4 Å². The van der Waals surface area contributed by atoms with Gasteiger partial charge in [0, 0.05) is 37.9 Å². The molecule has 11 heteroatoms. The Kier molecular flexibility index (Phi) is 10.5. The number of hydrogen-bond donors (Lipinski definition) is 1. The van der Waals surface area contributed by atoms with E-state index in [1.807, 2.05) is 61.5 Å². The summed E-state index contributed by atoms with van der Waals surface area (Å²) in [7, 11) is 3.32. The predicted molar refractivity (Wildman–Crippen MR) is 186 cm³/mol. The molecule has 1 saturated heterocycles. The van der Waals surface area contributed by atoms with Crippen molar-refractivity contribution in [3.8, 4) is 17.5 Å². The van der Waals surface area contributed by atoms with Crippen molar-refractivity contribution in [1.29, 1.82) is 0 Å². The van der Waals surface area contributed by atoms with Gasteiger partial charge in [0.25, 0.3) is 0 Å². The molecule has 6 rings (SSSR count). The van der Waals surface area contributed by atoms with Crippen molar-refractivity contribution in [1.82, 2.24) is 24.6 Å². The molecule has 1 fully saturated rings. The molecule has 2 aromatic carbocycles. The van der Waals surface area contributed by atoms with E-state index in [1.165, 1.54) is 0 Å². The molecule has 4 heterocycles. The van der Waals surface area contributed by atoms with Crippen molar-refractivity contribution in [2.75, 3.05) is 43.7 Å². The van der Waals surface area contributed by atoms with E-state index < -0.39 is 6.10 Å². The molecular formula is C37H44N7O4. The minimum Gasteiger partial charge on any atom is -0.497 e. The number of unbranched alkanes of at least 4 members (excludes halogenated alkanes) is 1. The number of nitrogens with zero attached hydrogens (tertiary/aromatic N) is 7. The first-order valence-electron chi connectivity index (χ1n) is 16.6. The molecule has 48 heavy (non-hydrogen) atoms. The minimum atomic E-state index is -1.02. The van der Waals surface area contributed by atoms with Crippen LogP contribution in [0.4, 0.5) is 11.6 Å². The lowest BCUT2D eigenvalue weighted by Gasteiger charge is -2.29. The fraction of sp³-hybridized carbons (Fsp3) is 0.378. The van der Waals surface area contributed by atoms with Crippen molar-refractivity contribution in [3.63, 3.8) is 0 Å². The van der Waals surface area contributed by atoms with Crippen LogP contribution in [0.3, 0.4) is 0 Å². The van der Waals surface area contributed by atoms with Gasteiger partial charge in [0.05, 0.1) is 32.7 Å². The lowest BCUT2D eigenvalue weighted by molar-refractivity contribution is 0.211. The molecule has 0 amide bonds. The van der Waals surface area contributed by atoms with E-state index in [2.05, 4.69) is 23.1 Å². The molecule has 251 valence electrons. The number of hydrogen-bond acceptors (Lipinski definition) is 10. The Morgan fingerprint density at radius 1 is 0.896 bits per heavy atom. The molecule has 1 aliphatic rings. The number of imidazole rings is 1. The quantitative estimate of drug-likeness (QED) is 0.141. The van der Waals surface area contributed by atoms with Gasteiger partial charge in [-0.05, 0) is 79.6 Å². The molecule has 11 nitrogen and oxygen atoms in total. The molecule has 1 radical (unpaired) electrons. The molecule has 0 saturated carbocycles. The zero-order valence-corrected chi connectivity index (χ0v) is 28.2. The second kappa shape index (κ2) is 15.3. The van der Waals surface area contributed by atoms with Crippen molar-refractivity contribution in [3.05, 3.63) is 101 Å². The maximum atomic E-state index is 11.8. The van der Waals surface area contributed by atoms with Crippen molar-refractivity contribution in [2.45, 2.75) is 58.7 Å². The number of ether oxygens (including phenoxy) is 3. The third kappa shape index (κ3) is 7.46. The normalized spacial score (nSPS) is 13.8. The average molecular weight is 651 g/mol. The van der Waals surface area contributed by atoms with Gasteiger partial charge < -0.3 is 29.1 Å². The van der Waals surface area contributed by atoms with Gasteiger partial charge in [0.15, 0.2) is 11.5 Å². The molecule has 1 N–H and O–H groups in total. The first-order valence-corrected chi connectivity index (χ1v) is 16.6. The topological polar surface area (TPSA) is 110 Å². The smallest absolute Gasteiger partial charge is 0.336 e. The number of benzene rings is 2. The summed E-state index contributed by atoms with van der Waals surface area (Å²) in [5.41, 5.74) is 4.84. The summed E-state index contributed by atoms with van der Waals surface area (Å²) in [6.45, 7) is 7.59. The third-order valence-electron chi connectivity index (χ3n) is 8.62. The van der Waals surface area contributed by atoms with Gasteiger partial charge in [-0.1, -0.05) is 37.6 Å². The lowest BCUT2D eigenvalue weighted by atomic mass is 10.1. The summed E-state index contributed by atoms with van der Waals surface area (Å²) in [4.78, 5) is 18.9. The van der Waals surface area contributed by atoms with Crippen molar-refractivity contribution >= 4 is 17.3 Å². The van der Waals surface area contributed by atoms with Gasteiger partial charge in [-0.15, -0.1) is 5.10 Å². The third-order valence-corrected chi connectivity index (χ3v) is 8.62. The Labute approximate surface area is 282 Å². The van der Waals surface area contributed by atoms with E-state index in [1.54, 1.807) is 31.1 Å². The molecule has 0 spiro atoms. The number of methoxy groups -OCH3 is 2. The van der Waals surface area contributed by atoms with Crippen LogP contribution >= 0.6 is 0 Å². The summed E-state index contributed by atoms with van der Waals surface area (Å²) in [6.07, 6.45) is 8.66. The van der Waals surface area contributed by atoms with Crippen molar-refractivity contribution < 1.29 is 19.3 Å². The van der Waals surface area contributed by atoms with Gasteiger partial charge in [-0.3, -0.25) is 0 Å². The Morgan fingerprint density at radius 3 is 2.12 bits per heavy atom. The zero-order valence-electron chi connectivity index (χ0n) is 28.2. The number of anilines is 2. The van der Waals surface area contributed by atoms with E-state index in [4.69, 9.17) is 34.3 Å². The Bertz CT molecular complexity index is 1740. The highest BCUT2D eigenvalue weighted by molar-refractivity contribution is 5.65. The van der Waals surface area contributed by atoms with Crippen LogP contribution in [0, 0.1) is 13.3 Å². The maximum absolute atomic E-state index is 11.8. The Balaban J connectivity index is 1.40. The van der Waals surface area contributed by atoms with E-state index >= 15 is 0 Å². The number of piperidine rings is 1. The first kappa shape index (κ1) is 33.0. The van der Waals surface area contributed by atoms with Crippen LogP contribution in [-0.2, 0) is 13.1 Å². The summed E-state index contributed by atoms with van der Waals surface area (Å²) in [5, 5.41) is 16.5. The highest BCUT2D eigenvalue weighted by Crippen LogP contribution is 2.31. The maximum Gasteiger partial charge on any atom is 0.336 e. The van der Waals surface area contributed by atoms with E-state index in [9.17, 15) is 5.11 Å². The molecule has 1 aliphatic heterocycles. The SMILES string of the molecule is CCCCOc1nc(N(Cc2ccc(OC)cc2)Cc2ccc(OC)cc2)c2ncc(C(O)c3cnc(N4CC[CH]CC4)c(C)c3)n2n1. The minimum absolute atomic E-state index is 0.221. The molecule has 0 aliphatic carbocycles. The zero-order chi connectivity index (χ0) is 33.5. The monoisotopic (exact) mass is 650 g/mol. The summed E-state index contributed by atoms with van der Waals surface area (Å²) >= 11 is 0. The highest BCUT2D eigenvalue weighted by atomic mass is 16.5. The molecule has 0 bridgehead atoms. The fourth-order valence-electron chi connectivity index (χ4n) is 5.94. The second-order valence-electron chi connectivity index (χ2n) is 12.1.